The summed E-state index contributed by atoms with van der Waals surface area (Å²) in [5, 5.41) is 6.28. The second kappa shape index (κ2) is 6.45. The second-order valence-electron chi connectivity index (χ2n) is 5.68. The highest BCUT2D eigenvalue weighted by molar-refractivity contribution is 7.14. The van der Waals surface area contributed by atoms with Crippen LogP contribution in [0.15, 0.2) is 66.2 Å². The van der Waals surface area contributed by atoms with Crippen LogP contribution in [0.5, 0.6) is 0 Å². The molecule has 0 aliphatic carbocycles. The number of rotatable bonds is 3. The molecule has 0 spiro atoms. The largest absolute Gasteiger partial charge is 0.298 e. The number of hydrogen-bond donors (Lipinski definition) is 1. The maximum atomic E-state index is 12.7. The van der Waals surface area contributed by atoms with Crippen LogP contribution in [0, 0.1) is 6.92 Å². The molecule has 0 atom stereocenters. The van der Waals surface area contributed by atoms with Crippen LogP contribution in [0.25, 0.3) is 22.2 Å². The molecule has 1 amide bonds. The van der Waals surface area contributed by atoms with E-state index in [1.54, 1.807) is 12.3 Å². The number of pyridine rings is 1. The third-order valence-corrected chi connectivity index (χ3v) is 4.79. The second-order valence-corrected chi connectivity index (χ2v) is 6.54. The molecule has 25 heavy (non-hydrogen) atoms. The molecule has 0 aliphatic rings. The van der Waals surface area contributed by atoms with E-state index < -0.39 is 0 Å². The summed E-state index contributed by atoms with van der Waals surface area (Å²) < 4.78 is 0. The van der Waals surface area contributed by atoms with Crippen molar-refractivity contribution >= 4 is 33.3 Å². The van der Waals surface area contributed by atoms with Gasteiger partial charge in [-0.25, -0.2) is 4.98 Å². The molecular weight excluding hydrogens is 330 g/mol. The van der Waals surface area contributed by atoms with Crippen LogP contribution in [-0.4, -0.2) is 15.9 Å². The molecule has 0 bridgehead atoms. The zero-order valence-electron chi connectivity index (χ0n) is 13.6. The van der Waals surface area contributed by atoms with Crippen molar-refractivity contribution in [3.05, 3.63) is 77.3 Å². The average Bonchev–Trinajstić information content (AvgIpc) is 3.09. The summed E-state index contributed by atoms with van der Waals surface area (Å²) in [6, 6.07) is 17.3. The summed E-state index contributed by atoms with van der Waals surface area (Å²) in [6.07, 6.45) is 1.72. The molecule has 0 radical (unpaired) electrons. The van der Waals surface area contributed by atoms with Crippen LogP contribution < -0.4 is 5.32 Å². The first-order valence-corrected chi connectivity index (χ1v) is 8.77. The van der Waals surface area contributed by atoms with Crippen molar-refractivity contribution in [3.63, 3.8) is 0 Å². The highest BCUT2D eigenvalue weighted by Crippen LogP contribution is 2.28. The number of hydrogen-bond acceptors (Lipinski definition) is 4. The van der Waals surface area contributed by atoms with Crippen LogP contribution in [0.2, 0.25) is 0 Å². The van der Waals surface area contributed by atoms with Crippen molar-refractivity contribution in [1.29, 1.82) is 0 Å². The molecule has 2 aromatic carbocycles. The summed E-state index contributed by atoms with van der Waals surface area (Å²) >= 11 is 1.42. The molecule has 5 heteroatoms. The van der Waals surface area contributed by atoms with Crippen molar-refractivity contribution in [2.75, 3.05) is 5.32 Å². The van der Waals surface area contributed by atoms with Gasteiger partial charge in [0.1, 0.15) is 0 Å². The topological polar surface area (TPSA) is 54.9 Å². The van der Waals surface area contributed by atoms with Gasteiger partial charge in [-0.15, -0.1) is 11.3 Å². The summed E-state index contributed by atoms with van der Waals surface area (Å²) in [5.41, 5.74) is 4.51. The summed E-state index contributed by atoms with van der Waals surface area (Å²) in [4.78, 5) is 21.5. The zero-order valence-corrected chi connectivity index (χ0v) is 14.4. The highest BCUT2D eigenvalue weighted by Gasteiger charge is 2.13. The normalized spacial score (nSPS) is 10.8. The van der Waals surface area contributed by atoms with E-state index in [1.165, 1.54) is 11.3 Å². The van der Waals surface area contributed by atoms with Gasteiger partial charge in [-0.05, 0) is 30.7 Å². The maximum absolute atomic E-state index is 12.7. The van der Waals surface area contributed by atoms with Gasteiger partial charge >= 0.3 is 0 Å². The predicted molar refractivity (Wildman–Crippen MR) is 102 cm³/mol. The van der Waals surface area contributed by atoms with E-state index in [1.807, 2.05) is 47.8 Å². The standard InChI is InChI=1S/C20H15N3OS/c1-13-6-2-3-7-14(13)18-12-25-20(22-18)23-19(24)16-8-4-10-17-15(16)9-5-11-21-17/h2-12H,1H3,(H,22,23,24). The number of nitrogens with one attached hydrogen (secondary N) is 1. The minimum Gasteiger partial charge on any atom is -0.298 e. The fraction of sp³-hybridized carbons (Fsp3) is 0.0500. The molecule has 0 aliphatic heterocycles. The molecule has 0 saturated heterocycles. The Balaban J connectivity index is 1.62. The fourth-order valence-corrected chi connectivity index (χ4v) is 3.49. The quantitative estimate of drug-likeness (QED) is 0.573. The Morgan fingerprint density at radius 2 is 1.92 bits per heavy atom. The van der Waals surface area contributed by atoms with Crippen molar-refractivity contribution in [2.45, 2.75) is 6.92 Å². The Labute approximate surface area is 149 Å². The van der Waals surface area contributed by atoms with Crippen LogP contribution >= 0.6 is 11.3 Å². The van der Waals surface area contributed by atoms with E-state index in [-0.39, 0.29) is 5.91 Å². The molecule has 122 valence electrons. The summed E-state index contributed by atoms with van der Waals surface area (Å²) in [5.74, 6) is -0.177. The molecule has 2 heterocycles. The number of aryl methyl sites for hydroxylation is 1. The third kappa shape index (κ3) is 3.02. The van der Waals surface area contributed by atoms with Gasteiger partial charge in [0.05, 0.1) is 11.2 Å². The number of benzene rings is 2. The molecular formula is C20H15N3OS. The number of aromatic nitrogens is 2. The van der Waals surface area contributed by atoms with E-state index in [4.69, 9.17) is 0 Å². The number of thiazole rings is 1. The van der Waals surface area contributed by atoms with Crippen molar-refractivity contribution in [2.24, 2.45) is 0 Å². The molecule has 4 aromatic rings. The van der Waals surface area contributed by atoms with Gasteiger partial charge in [0, 0.05) is 28.1 Å². The SMILES string of the molecule is Cc1ccccc1-c1csc(NC(=O)c2cccc3ncccc23)n1. The molecule has 4 nitrogen and oxygen atoms in total. The van der Waals surface area contributed by atoms with Crippen LogP contribution in [0.4, 0.5) is 5.13 Å². The van der Waals surface area contributed by atoms with Gasteiger partial charge in [-0.1, -0.05) is 36.4 Å². The lowest BCUT2D eigenvalue weighted by Crippen LogP contribution is -2.12. The van der Waals surface area contributed by atoms with E-state index in [0.717, 1.165) is 27.7 Å². The fourth-order valence-electron chi connectivity index (χ4n) is 2.78. The van der Waals surface area contributed by atoms with Crippen LogP contribution in [-0.2, 0) is 0 Å². The first kappa shape index (κ1) is 15.5. The first-order chi connectivity index (χ1) is 12.2. The molecule has 2 aromatic heterocycles. The van der Waals surface area contributed by atoms with Crippen LogP contribution in [0.1, 0.15) is 15.9 Å². The highest BCUT2D eigenvalue weighted by atomic mass is 32.1. The average molecular weight is 345 g/mol. The third-order valence-electron chi connectivity index (χ3n) is 4.04. The van der Waals surface area contributed by atoms with Gasteiger partial charge in [0.2, 0.25) is 0 Å². The van der Waals surface area contributed by atoms with Crippen LogP contribution in [0.3, 0.4) is 0 Å². The molecule has 0 fully saturated rings. The van der Waals surface area contributed by atoms with Crippen molar-refractivity contribution in [3.8, 4) is 11.3 Å². The summed E-state index contributed by atoms with van der Waals surface area (Å²) in [7, 11) is 0. The van der Waals surface area contributed by atoms with E-state index in [9.17, 15) is 4.79 Å². The molecule has 4 rings (SSSR count). The number of carbonyl (C=O) groups is 1. The van der Waals surface area contributed by atoms with E-state index >= 15 is 0 Å². The van der Waals surface area contributed by atoms with Gasteiger partial charge in [-0.2, -0.15) is 0 Å². The maximum Gasteiger partial charge on any atom is 0.258 e. The summed E-state index contributed by atoms with van der Waals surface area (Å²) in [6.45, 7) is 2.05. The predicted octanol–water partition coefficient (Wildman–Crippen LogP) is 4.92. The van der Waals surface area contributed by atoms with Gasteiger partial charge in [0.25, 0.3) is 5.91 Å². The van der Waals surface area contributed by atoms with Crippen molar-refractivity contribution < 1.29 is 4.79 Å². The van der Waals surface area contributed by atoms with Crippen molar-refractivity contribution in [1.82, 2.24) is 9.97 Å². The smallest absolute Gasteiger partial charge is 0.258 e. The Kier molecular flexibility index (Phi) is 3.99. The van der Waals surface area contributed by atoms with E-state index in [2.05, 4.69) is 28.3 Å². The first-order valence-electron chi connectivity index (χ1n) is 7.89. The lowest BCUT2D eigenvalue weighted by Gasteiger charge is -2.05. The van der Waals surface area contributed by atoms with Gasteiger partial charge in [-0.3, -0.25) is 15.1 Å². The molecule has 0 unspecified atom stereocenters. The Morgan fingerprint density at radius 3 is 2.80 bits per heavy atom. The lowest BCUT2D eigenvalue weighted by atomic mass is 10.1. The number of nitrogens with zero attached hydrogens (tertiary/aromatic N) is 2. The minimum atomic E-state index is -0.177. The van der Waals surface area contributed by atoms with E-state index in [0.29, 0.717) is 10.7 Å². The number of amides is 1. The Bertz CT molecular complexity index is 1070. The van der Waals surface area contributed by atoms with Gasteiger partial charge < -0.3 is 0 Å². The molecule has 1 N–H and O–H groups in total. The number of carbonyl (C=O) groups excluding carboxylic acids is 1. The minimum absolute atomic E-state index is 0.177. The Morgan fingerprint density at radius 1 is 1.04 bits per heavy atom. The monoisotopic (exact) mass is 345 g/mol. The number of anilines is 1. The zero-order chi connectivity index (χ0) is 17.2. The van der Waals surface area contributed by atoms with Gasteiger partial charge in [0.15, 0.2) is 5.13 Å². The Hall–Kier alpha value is -3.05. The number of fused-ring (bicyclic) bond motifs is 1. The molecule has 0 saturated carbocycles. The lowest BCUT2D eigenvalue weighted by molar-refractivity contribution is 0.102.